The molecule has 11 heteroatoms. The van der Waals surface area contributed by atoms with E-state index in [0.29, 0.717) is 43.0 Å². The number of carbonyl (C=O) groups excluding carboxylic acids is 1. The standard InChI is InChI=1S/C21H22N4O6S/c26-21(22-12-15-13-29-17-5-1-2-6-18(17)30-15)14-8-10-25(11-9-14)32(27,28)19-7-3-4-16-20(19)24-31-23-16/h1-7,14-15H,8-13H2,(H,22,26)/t15-/m0/s1. The minimum absolute atomic E-state index is 0.0638. The first-order valence-corrected chi connectivity index (χ1v) is 11.8. The lowest BCUT2D eigenvalue weighted by molar-refractivity contribution is -0.126. The second-order valence-electron chi connectivity index (χ2n) is 7.81. The second-order valence-corrected chi connectivity index (χ2v) is 9.72. The van der Waals surface area contributed by atoms with Gasteiger partial charge in [-0.05, 0) is 47.4 Å². The zero-order valence-electron chi connectivity index (χ0n) is 17.1. The Morgan fingerprint density at radius 1 is 1.06 bits per heavy atom. The van der Waals surface area contributed by atoms with Crippen molar-refractivity contribution in [3.05, 3.63) is 42.5 Å². The van der Waals surface area contributed by atoms with Crippen LogP contribution in [0.5, 0.6) is 11.5 Å². The summed E-state index contributed by atoms with van der Waals surface area (Å²) in [5, 5.41) is 10.3. The number of carbonyl (C=O) groups is 1. The number of para-hydroxylation sites is 2. The first kappa shape index (κ1) is 20.7. The molecule has 5 rings (SSSR count). The van der Waals surface area contributed by atoms with Crippen molar-refractivity contribution in [2.24, 2.45) is 5.92 Å². The molecule has 0 aliphatic carbocycles. The van der Waals surface area contributed by atoms with Gasteiger partial charge >= 0.3 is 0 Å². The number of nitrogens with one attached hydrogen (secondary N) is 1. The molecule has 1 fully saturated rings. The Kier molecular flexibility index (Phi) is 5.43. The van der Waals surface area contributed by atoms with Gasteiger partial charge in [-0.1, -0.05) is 18.2 Å². The van der Waals surface area contributed by atoms with Gasteiger partial charge in [-0.25, -0.2) is 13.0 Å². The first-order valence-electron chi connectivity index (χ1n) is 10.4. The Labute approximate surface area is 184 Å². The fraction of sp³-hybridized carbons (Fsp3) is 0.381. The van der Waals surface area contributed by atoms with E-state index >= 15 is 0 Å². The van der Waals surface area contributed by atoms with Gasteiger partial charge in [0.2, 0.25) is 15.9 Å². The van der Waals surface area contributed by atoms with E-state index in [1.165, 1.54) is 10.4 Å². The maximum absolute atomic E-state index is 13.1. The van der Waals surface area contributed by atoms with E-state index in [2.05, 4.69) is 20.3 Å². The smallest absolute Gasteiger partial charge is 0.245 e. The molecule has 0 unspecified atom stereocenters. The van der Waals surface area contributed by atoms with Gasteiger partial charge in [-0.15, -0.1) is 0 Å². The van der Waals surface area contributed by atoms with Crippen LogP contribution in [0.15, 0.2) is 52.0 Å². The van der Waals surface area contributed by atoms with Gasteiger partial charge in [0.15, 0.2) is 17.0 Å². The van der Waals surface area contributed by atoms with Crippen LogP contribution in [0.25, 0.3) is 11.0 Å². The fourth-order valence-corrected chi connectivity index (χ4v) is 5.62. The molecule has 3 aromatic rings. The van der Waals surface area contributed by atoms with E-state index in [9.17, 15) is 13.2 Å². The minimum Gasteiger partial charge on any atom is -0.486 e. The molecule has 1 N–H and O–H groups in total. The van der Waals surface area contributed by atoms with Crippen molar-refractivity contribution in [1.29, 1.82) is 0 Å². The number of piperidine rings is 1. The molecule has 10 nitrogen and oxygen atoms in total. The normalized spacial score (nSPS) is 19.7. The number of benzene rings is 2. The molecular weight excluding hydrogens is 436 g/mol. The van der Waals surface area contributed by atoms with Crippen molar-refractivity contribution in [3.63, 3.8) is 0 Å². The molecule has 2 aromatic carbocycles. The largest absolute Gasteiger partial charge is 0.486 e. The molecule has 2 aliphatic heterocycles. The Morgan fingerprint density at radius 3 is 2.66 bits per heavy atom. The zero-order chi connectivity index (χ0) is 22.1. The highest BCUT2D eigenvalue weighted by molar-refractivity contribution is 7.89. The van der Waals surface area contributed by atoms with Gasteiger partial charge in [-0.3, -0.25) is 4.79 Å². The predicted molar refractivity (Wildman–Crippen MR) is 113 cm³/mol. The summed E-state index contributed by atoms with van der Waals surface area (Å²) in [6, 6.07) is 12.1. The van der Waals surface area contributed by atoms with Crippen LogP contribution < -0.4 is 14.8 Å². The van der Waals surface area contributed by atoms with Gasteiger partial charge in [0.25, 0.3) is 0 Å². The van der Waals surface area contributed by atoms with E-state index in [0.717, 1.165) is 0 Å². The second kappa shape index (κ2) is 8.40. The highest BCUT2D eigenvalue weighted by Crippen LogP contribution is 2.31. The monoisotopic (exact) mass is 458 g/mol. The molecule has 2 aliphatic rings. The molecule has 0 bridgehead atoms. The molecule has 1 atom stereocenters. The summed E-state index contributed by atoms with van der Waals surface area (Å²) in [7, 11) is -3.76. The number of sulfonamides is 1. The van der Waals surface area contributed by atoms with Crippen molar-refractivity contribution in [2.45, 2.75) is 23.8 Å². The van der Waals surface area contributed by atoms with E-state index in [1.807, 2.05) is 24.3 Å². The summed E-state index contributed by atoms with van der Waals surface area (Å²) >= 11 is 0. The first-order chi connectivity index (χ1) is 15.5. The predicted octanol–water partition coefficient (Wildman–Crippen LogP) is 1.58. The minimum atomic E-state index is -3.76. The molecule has 1 aromatic heterocycles. The maximum Gasteiger partial charge on any atom is 0.245 e. The van der Waals surface area contributed by atoms with Crippen molar-refractivity contribution in [1.82, 2.24) is 19.9 Å². The maximum atomic E-state index is 13.1. The molecule has 0 saturated carbocycles. The lowest BCUT2D eigenvalue weighted by Crippen LogP contribution is -2.46. The number of hydrogen-bond acceptors (Lipinski definition) is 8. The quantitative estimate of drug-likeness (QED) is 0.611. The van der Waals surface area contributed by atoms with Crippen molar-refractivity contribution < 1.29 is 27.3 Å². The number of aromatic nitrogens is 2. The Balaban J connectivity index is 1.16. The van der Waals surface area contributed by atoms with Gasteiger partial charge in [0, 0.05) is 19.0 Å². The Hall–Kier alpha value is -3.18. The molecular formula is C21H22N4O6S. The van der Waals surface area contributed by atoms with E-state index < -0.39 is 10.0 Å². The van der Waals surface area contributed by atoms with Crippen LogP contribution in [-0.2, 0) is 14.8 Å². The zero-order valence-corrected chi connectivity index (χ0v) is 18.0. The van der Waals surface area contributed by atoms with Gasteiger partial charge in [0.1, 0.15) is 23.1 Å². The molecule has 3 heterocycles. The van der Waals surface area contributed by atoms with Crippen LogP contribution in [0.4, 0.5) is 0 Å². The van der Waals surface area contributed by atoms with Crippen LogP contribution in [0.2, 0.25) is 0 Å². The number of nitrogens with zero attached hydrogens (tertiary/aromatic N) is 3. The number of rotatable bonds is 5. The Bertz CT molecular complexity index is 1240. The third kappa shape index (κ3) is 3.89. The van der Waals surface area contributed by atoms with Crippen molar-refractivity contribution in [3.8, 4) is 11.5 Å². The van der Waals surface area contributed by atoms with Crippen LogP contribution in [0.3, 0.4) is 0 Å². The average molecular weight is 458 g/mol. The molecule has 1 amide bonds. The summed E-state index contributed by atoms with van der Waals surface area (Å²) in [6.45, 7) is 1.18. The highest BCUT2D eigenvalue weighted by atomic mass is 32.2. The lowest BCUT2D eigenvalue weighted by atomic mass is 9.97. The molecule has 0 radical (unpaired) electrons. The van der Waals surface area contributed by atoms with Crippen LogP contribution >= 0.6 is 0 Å². The summed E-state index contributed by atoms with van der Waals surface area (Å²) in [5.41, 5.74) is 0.598. The van der Waals surface area contributed by atoms with Crippen molar-refractivity contribution in [2.75, 3.05) is 26.2 Å². The van der Waals surface area contributed by atoms with Crippen LogP contribution in [0.1, 0.15) is 12.8 Å². The van der Waals surface area contributed by atoms with E-state index in [-0.39, 0.29) is 41.4 Å². The van der Waals surface area contributed by atoms with E-state index in [4.69, 9.17) is 9.47 Å². The molecule has 0 spiro atoms. The number of amides is 1. The average Bonchev–Trinajstić information content (AvgIpc) is 3.31. The van der Waals surface area contributed by atoms with Crippen LogP contribution in [-0.4, -0.2) is 61.3 Å². The number of fused-ring (bicyclic) bond motifs is 2. The molecule has 168 valence electrons. The topological polar surface area (TPSA) is 124 Å². The summed E-state index contributed by atoms with van der Waals surface area (Å²) in [4.78, 5) is 12.7. The van der Waals surface area contributed by atoms with Gasteiger partial charge in [0.05, 0.1) is 6.54 Å². The SMILES string of the molecule is O=C(NC[C@H]1COc2ccccc2O1)C1CCN(S(=O)(=O)c2cccc3nonc23)CC1. The Morgan fingerprint density at radius 2 is 1.84 bits per heavy atom. The highest BCUT2D eigenvalue weighted by Gasteiger charge is 2.34. The summed E-state index contributed by atoms with van der Waals surface area (Å²) < 4.78 is 43.8. The number of hydrogen-bond donors (Lipinski definition) is 1. The lowest BCUT2D eigenvalue weighted by Gasteiger charge is -2.31. The fourth-order valence-electron chi connectivity index (χ4n) is 4.01. The third-order valence-electron chi connectivity index (χ3n) is 5.76. The summed E-state index contributed by atoms with van der Waals surface area (Å²) in [6.07, 6.45) is 0.595. The van der Waals surface area contributed by atoms with E-state index in [1.54, 1.807) is 12.1 Å². The van der Waals surface area contributed by atoms with Crippen molar-refractivity contribution >= 4 is 27.0 Å². The third-order valence-corrected chi connectivity index (χ3v) is 7.69. The molecule has 32 heavy (non-hydrogen) atoms. The number of ether oxygens (including phenoxy) is 2. The van der Waals surface area contributed by atoms with Gasteiger partial charge < -0.3 is 14.8 Å². The van der Waals surface area contributed by atoms with Gasteiger partial charge in [-0.2, -0.15) is 4.31 Å². The van der Waals surface area contributed by atoms with Crippen LogP contribution in [0, 0.1) is 5.92 Å². The summed E-state index contributed by atoms with van der Waals surface area (Å²) in [5.74, 6) is 0.990. The molecule has 1 saturated heterocycles.